The van der Waals surface area contributed by atoms with E-state index >= 15 is 0 Å². The van der Waals surface area contributed by atoms with Crippen LogP contribution >= 0.6 is 39.3 Å². The maximum absolute atomic E-state index is 11.6. The van der Waals surface area contributed by atoms with Gasteiger partial charge in [0.15, 0.2) is 5.17 Å². The number of carbonyl (C=O) groups is 2. The highest BCUT2D eigenvalue weighted by atomic mass is 79.9. The number of hydrogen-bond donors (Lipinski definition) is 1. The summed E-state index contributed by atoms with van der Waals surface area (Å²) in [7, 11) is 1.24. The van der Waals surface area contributed by atoms with Crippen LogP contribution in [-0.4, -0.2) is 30.4 Å². The Hall–Kier alpha value is -1.64. The van der Waals surface area contributed by atoms with Crippen molar-refractivity contribution in [2.24, 2.45) is 10.2 Å². The smallest absolute Gasteiger partial charge is 0.331 e. The second-order valence-electron chi connectivity index (χ2n) is 3.91. The molecule has 1 heterocycles. The molecule has 22 heavy (non-hydrogen) atoms. The van der Waals surface area contributed by atoms with E-state index in [0.29, 0.717) is 5.02 Å². The minimum atomic E-state index is -0.603. The molecule has 0 aliphatic carbocycles. The van der Waals surface area contributed by atoms with Crippen molar-refractivity contribution in [3.8, 4) is 0 Å². The van der Waals surface area contributed by atoms with E-state index in [4.69, 9.17) is 11.6 Å². The number of methoxy groups -OCH3 is 1. The summed E-state index contributed by atoms with van der Waals surface area (Å²) in [6, 6.07) is 5.29. The molecular weight excluding hydrogens is 394 g/mol. The number of amidine groups is 1. The number of nitrogens with one attached hydrogen (secondary N) is 1. The Kier molecular flexibility index (Phi) is 5.76. The quantitative estimate of drug-likeness (QED) is 0.365. The molecule has 1 N–H and O–H groups in total. The molecule has 0 unspecified atom stereocenters. The van der Waals surface area contributed by atoms with Crippen molar-refractivity contribution in [1.29, 1.82) is 0 Å². The van der Waals surface area contributed by atoms with Gasteiger partial charge in [0.1, 0.15) is 0 Å². The Balaban J connectivity index is 2.06. The third-order valence-corrected chi connectivity index (χ3v) is 4.51. The van der Waals surface area contributed by atoms with Crippen LogP contribution in [0.25, 0.3) is 0 Å². The van der Waals surface area contributed by atoms with E-state index in [0.717, 1.165) is 27.9 Å². The largest absolute Gasteiger partial charge is 0.466 e. The number of benzene rings is 1. The van der Waals surface area contributed by atoms with Gasteiger partial charge in [-0.3, -0.25) is 10.1 Å². The van der Waals surface area contributed by atoms with Crippen LogP contribution < -0.4 is 5.32 Å². The molecule has 0 radical (unpaired) electrons. The van der Waals surface area contributed by atoms with Crippen LogP contribution in [0.4, 0.5) is 0 Å². The Morgan fingerprint density at radius 2 is 2.27 bits per heavy atom. The third-order valence-electron chi connectivity index (χ3n) is 2.40. The van der Waals surface area contributed by atoms with Gasteiger partial charge in [0.2, 0.25) is 0 Å². The molecule has 114 valence electrons. The molecule has 1 aromatic carbocycles. The minimum absolute atomic E-state index is 0.204. The number of halogens is 2. The fraction of sp³-hybridized carbons (Fsp3) is 0.0769. The average molecular weight is 403 g/mol. The summed E-state index contributed by atoms with van der Waals surface area (Å²) < 4.78 is 5.21. The van der Waals surface area contributed by atoms with Gasteiger partial charge in [-0.15, -0.1) is 5.10 Å². The Labute approximate surface area is 143 Å². The second kappa shape index (κ2) is 7.57. The summed E-state index contributed by atoms with van der Waals surface area (Å²) in [5.41, 5.74) is 0.792. The highest BCUT2D eigenvalue weighted by molar-refractivity contribution is 9.10. The topological polar surface area (TPSA) is 80.1 Å². The van der Waals surface area contributed by atoms with E-state index in [1.807, 2.05) is 0 Å². The van der Waals surface area contributed by atoms with Crippen molar-refractivity contribution in [2.75, 3.05) is 7.11 Å². The lowest BCUT2D eigenvalue weighted by molar-refractivity contribution is -0.135. The zero-order valence-corrected chi connectivity index (χ0v) is 14.3. The van der Waals surface area contributed by atoms with Crippen molar-refractivity contribution in [3.05, 3.63) is 44.2 Å². The number of esters is 1. The molecule has 0 spiro atoms. The Morgan fingerprint density at radius 3 is 2.95 bits per heavy atom. The normalized spacial score (nSPS) is 18.2. The van der Waals surface area contributed by atoms with Crippen molar-refractivity contribution in [2.45, 2.75) is 0 Å². The Bertz CT molecular complexity index is 718. The van der Waals surface area contributed by atoms with Gasteiger partial charge in [0.25, 0.3) is 5.91 Å². The van der Waals surface area contributed by atoms with Gasteiger partial charge in [0.05, 0.1) is 23.3 Å². The van der Waals surface area contributed by atoms with Crippen LogP contribution in [0.15, 0.2) is 43.9 Å². The van der Waals surface area contributed by atoms with E-state index in [1.54, 1.807) is 18.2 Å². The Morgan fingerprint density at radius 1 is 1.50 bits per heavy atom. The van der Waals surface area contributed by atoms with Crippen LogP contribution in [0.2, 0.25) is 5.02 Å². The first kappa shape index (κ1) is 16.7. The van der Waals surface area contributed by atoms with Crippen LogP contribution in [0.3, 0.4) is 0 Å². The van der Waals surface area contributed by atoms with Gasteiger partial charge in [-0.25, -0.2) is 4.79 Å². The summed E-state index contributed by atoms with van der Waals surface area (Å²) >= 11 is 10.2. The molecule has 0 aromatic heterocycles. The van der Waals surface area contributed by atoms with Gasteiger partial charge in [-0.1, -0.05) is 17.7 Å². The van der Waals surface area contributed by atoms with Crippen molar-refractivity contribution >= 4 is 62.6 Å². The number of thioether (sulfide) groups is 1. The van der Waals surface area contributed by atoms with E-state index in [-0.39, 0.29) is 10.1 Å². The number of rotatable bonds is 3. The average Bonchev–Trinajstić information content (AvgIpc) is 2.83. The van der Waals surface area contributed by atoms with Crippen LogP contribution in [0.5, 0.6) is 0 Å². The predicted molar refractivity (Wildman–Crippen MR) is 90.0 cm³/mol. The highest BCUT2D eigenvalue weighted by Crippen LogP contribution is 2.24. The predicted octanol–water partition coefficient (Wildman–Crippen LogP) is 2.71. The van der Waals surface area contributed by atoms with Gasteiger partial charge in [-0.2, -0.15) is 5.10 Å². The zero-order valence-electron chi connectivity index (χ0n) is 11.2. The first-order valence-electron chi connectivity index (χ1n) is 5.84. The number of amides is 1. The molecule has 6 nitrogen and oxygen atoms in total. The van der Waals surface area contributed by atoms with Crippen molar-refractivity contribution in [1.82, 2.24) is 5.32 Å². The summed E-state index contributed by atoms with van der Waals surface area (Å²) in [5.74, 6) is -1.02. The van der Waals surface area contributed by atoms with Crippen LogP contribution in [0, 0.1) is 0 Å². The van der Waals surface area contributed by atoms with E-state index in [1.165, 1.54) is 13.3 Å². The van der Waals surface area contributed by atoms with E-state index < -0.39 is 11.9 Å². The summed E-state index contributed by atoms with van der Waals surface area (Å²) in [4.78, 5) is 22.9. The molecular formula is C13H9BrClN3O3S. The number of carbonyl (C=O) groups excluding carboxylic acids is 2. The fourth-order valence-corrected chi connectivity index (χ4v) is 2.63. The first-order chi connectivity index (χ1) is 10.5. The molecule has 9 heteroatoms. The molecule has 1 aromatic rings. The maximum atomic E-state index is 11.6. The lowest BCUT2D eigenvalue weighted by atomic mass is 10.2. The molecule has 1 fully saturated rings. The molecule has 0 bridgehead atoms. The fourth-order valence-electron chi connectivity index (χ4n) is 1.38. The lowest BCUT2D eigenvalue weighted by Crippen LogP contribution is -2.19. The van der Waals surface area contributed by atoms with E-state index in [2.05, 4.69) is 36.2 Å². The molecule has 1 saturated heterocycles. The molecule has 1 amide bonds. The number of nitrogens with zero attached hydrogens (tertiary/aromatic N) is 2. The van der Waals surface area contributed by atoms with Gasteiger partial charge < -0.3 is 4.74 Å². The van der Waals surface area contributed by atoms with E-state index in [9.17, 15) is 9.59 Å². The molecule has 1 aliphatic rings. The van der Waals surface area contributed by atoms with Crippen molar-refractivity contribution < 1.29 is 14.3 Å². The van der Waals surface area contributed by atoms with Gasteiger partial charge in [0, 0.05) is 10.5 Å². The minimum Gasteiger partial charge on any atom is -0.466 e. The third kappa shape index (κ3) is 4.43. The first-order valence-corrected chi connectivity index (χ1v) is 7.83. The second-order valence-corrected chi connectivity index (χ2v) is 6.20. The molecule has 0 atom stereocenters. The number of hydrogen-bond acceptors (Lipinski definition) is 6. The van der Waals surface area contributed by atoms with Crippen LogP contribution in [0.1, 0.15) is 5.56 Å². The van der Waals surface area contributed by atoms with Crippen molar-refractivity contribution in [3.63, 3.8) is 0 Å². The molecule has 1 aliphatic heterocycles. The van der Waals surface area contributed by atoms with Gasteiger partial charge >= 0.3 is 5.97 Å². The highest BCUT2D eigenvalue weighted by Gasteiger charge is 2.24. The molecule has 0 saturated carbocycles. The maximum Gasteiger partial charge on any atom is 0.331 e. The standard InChI is InChI=1S/C13H9BrClN3O3S/c1-21-11(19)5-10-12(20)17-13(22-10)18-16-6-7-2-3-9(15)8(14)4-7/h2-6H,1H3,(H,17,18,20)/b10-5+,16-6?. The zero-order chi connectivity index (χ0) is 16.1. The monoisotopic (exact) mass is 401 g/mol. The SMILES string of the molecule is COC(=O)/C=C1/S/C(=N\N=Cc2ccc(Cl)c(Br)c2)NC1=O. The summed E-state index contributed by atoms with van der Waals surface area (Å²) in [5, 5.41) is 11.1. The lowest BCUT2D eigenvalue weighted by Gasteiger charge is -1.96. The van der Waals surface area contributed by atoms with Gasteiger partial charge in [-0.05, 0) is 45.4 Å². The summed E-state index contributed by atoms with van der Waals surface area (Å²) in [6.07, 6.45) is 2.62. The molecule has 2 rings (SSSR count). The summed E-state index contributed by atoms with van der Waals surface area (Å²) in [6.45, 7) is 0. The van der Waals surface area contributed by atoms with Crippen LogP contribution in [-0.2, 0) is 14.3 Å². The number of ether oxygens (including phenoxy) is 1.